The molecule has 0 aliphatic heterocycles. The van der Waals surface area contributed by atoms with Gasteiger partial charge >= 0.3 is 5.97 Å². The van der Waals surface area contributed by atoms with E-state index < -0.39 is 11.8 Å². The van der Waals surface area contributed by atoms with Gasteiger partial charge in [0.1, 0.15) is 5.82 Å². The molecule has 0 radical (unpaired) electrons. The van der Waals surface area contributed by atoms with E-state index in [1.807, 2.05) is 0 Å². The molecule has 0 spiro atoms. The first-order valence-electron chi connectivity index (χ1n) is 6.73. The first-order chi connectivity index (χ1) is 10.1. The zero-order valence-corrected chi connectivity index (χ0v) is 12.1. The van der Waals surface area contributed by atoms with Crippen molar-refractivity contribution in [2.24, 2.45) is 0 Å². The number of nitrogens with zero attached hydrogens (tertiary/aromatic N) is 1. The number of aromatic nitrogens is 1. The van der Waals surface area contributed by atoms with E-state index in [4.69, 9.17) is 20.8 Å². The van der Waals surface area contributed by atoms with Gasteiger partial charge in [0.2, 0.25) is 11.7 Å². The van der Waals surface area contributed by atoms with Crippen LogP contribution in [0.4, 0.5) is 4.39 Å². The van der Waals surface area contributed by atoms with Crippen LogP contribution in [0.5, 0.6) is 0 Å². The standard InChI is InChI=1S/C15H13ClFNO3/c1-2-20-15(19)13-12(8-3-4-8)18-14(21-13)10-6-5-9(16)7-11(10)17/h5-8H,2-4H2,1H3. The third-order valence-electron chi connectivity index (χ3n) is 3.24. The van der Waals surface area contributed by atoms with Crippen molar-refractivity contribution in [1.29, 1.82) is 0 Å². The van der Waals surface area contributed by atoms with Crippen LogP contribution < -0.4 is 0 Å². The number of esters is 1. The van der Waals surface area contributed by atoms with Crippen LogP contribution in [0, 0.1) is 5.82 Å². The van der Waals surface area contributed by atoms with E-state index in [1.54, 1.807) is 13.0 Å². The zero-order valence-electron chi connectivity index (χ0n) is 11.4. The molecule has 0 N–H and O–H groups in total. The average molecular weight is 310 g/mol. The quantitative estimate of drug-likeness (QED) is 0.795. The van der Waals surface area contributed by atoms with Gasteiger partial charge in [-0.25, -0.2) is 14.2 Å². The van der Waals surface area contributed by atoms with Crippen molar-refractivity contribution in [3.63, 3.8) is 0 Å². The fourth-order valence-corrected chi connectivity index (χ4v) is 2.25. The number of hydrogen-bond donors (Lipinski definition) is 0. The second-order valence-electron chi connectivity index (χ2n) is 4.85. The average Bonchev–Trinajstić information content (AvgIpc) is 3.19. The number of ether oxygens (including phenoxy) is 1. The molecule has 6 heteroatoms. The van der Waals surface area contributed by atoms with Crippen molar-refractivity contribution in [3.8, 4) is 11.5 Å². The predicted octanol–water partition coefficient (Wildman–Crippen LogP) is 4.19. The lowest BCUT2D eigenvalue weighted by molar-refractivity contribution is 0.0489. The molecular weight excluding hydrogens is 297 g/mol. The smallest absolute Gasteiger partial charge is 0.376 e. The van der Waals surface area contributed by atoms with Gasteiger partial charge in [-0.05, 0) is 38.0 Å². The van der Waals surface area contributed by atoms with Gasteiger partial charge < -0.3 is 9.15 Å². The molecule has 4 nitrogen and oxygen atoms in total. The molecule has 1 heterocycles. The number of oxazole rings is 1. The Bertz CT molecular complexity index is 694. The molecule has 1 saturated carbocycles. The summed E-state index contributed by atoms with van der Waals surface area (Å²) in [5.41, 5.74) is 0.731. The van der Waals surface area contributed by atoms with Gasteiger partial charge in [-0.15, -0.1) is 0 Å². The Morgan fingerprint density at radius 1 is 1.52 bits per heavy atom. The minimum Gasteiger partial charge on any atom is -0.460 e. The Hall–Kier alpha value is -1.88. The maximum Gasteiger partial charge on any atom is 0.376 e. The van der Waals surface area contributed by atoms with E-state index in [9.17, 15) is 9.18 Å². The second-order valence-corrected chi connectivity index (χ2v) is 5.29. The fraction of sp³-hybridized carbons (Fsp3) is 0.333. The number of carbonyl (C=O) groups is 1. The third kappa shape index (κ3) is 2.78. The highest BCUT2D eigenvalue weighted by Gasteiger charge is 2.34. The molecular formula is C15H13ClFNO3. The molecule has 110 valence electrons. The van der Waals surface area contributed by atoms with Gasteiger partial charge in [0.05, 0.1) is 17.9 Å². The van der Waals surface area contributed by atoms with Crippen LogP contribution in [0.1, 0.15) is 41.9 Å². The summed E-state index contributed by atoms with van der Waals surface area (Å²) in [6, 6.07) is 4.21. The minimum absolute atomic E-state index is 0.0729. The van der Waals surface area contributed by atoms with Crippen LogP contribution >= 0.6 is 11.6 Å². The summed E-state index contributed by atoms with van der Waals surface area (Å²) in [6.07, 6.45) is 1.89. The molecule has 3 rings (SSSR count). The Labute approximate surface area is 125 Å². The van der Waals surface area contributed by atoms with Crippen molar-refractivity contribution in [2.75, 3.05) is 6.61 Å². The van der Waals surface area contributed by atoms with Crippen molar-refractivity contribution in [2.45, 2.75) is 25.7 Å². The Kier molecular flexibility index (Phi) is 3.68. The number of carbonyl (C=O) groups excluding carboxylic acids is 1. The molecule has 0 bridgehead atoms. The van der Waals surface area contributed by atoms with Gasteiger partial charge in [0.25, 0.3) is 0 Å². The van der Waals surface area contributed by atoms with Crippen molar-refractivity contribution in [3.05, 3.63) is 40.5 Å². The molecule has 0 atom stereocenters. The SMILES string of the molecule is CCOC(=O)c1oc(-c2ccc(Cl)cc2F)nc1C1CC1. The normalized spacial score (nSPS) is 14.2. The monoisotopic (exact) mass is 309 g/mol. The molecule has 0 amide bonds. The van der Waals surface area contributed by atoms with Gasteiger partial charge in [-0.2, -0.15) is 0 Å². The summed E-state index contributed by atoms with van der Waals surface area (Å²) in [6.45, 7) is 1.96. The van der Waals surface area contributed by atoms with E-state index in [0.717, 1.165) is 12.8 Å². The summed E-state index contributed by atoms with van der Waals surface area (Å²) in [5, 5.41) is 0.288. The molecule has 1 aromatic carbocycles. The van der Waals surface area contributed by atoms with Crippen LogP contribution in [0.3, 0.4) is 0 Å². The number of halogens is 2. The summed E-state index contributed by atoms with van der Waals surface area (Å²) in [4.78, 5) is 16.2. The topological polar surface area (TPSA) is 52.3 Å². The van der Waals surface area contributed by atoms with E-state index in [2.05, 4.69) is 4.98 Å². The Morgan fingerprint density at radius 3 is 2.90 bits per heavy atom. The fourth-order valence-electron chi connectivity index (χ4n) is 2.09. The first-order valence-corrected chi connectivity index (χ1v) is 7.11. The van der Waals surface area contributed by atoms with E-state index in [0.29, 0.717) is 5.69 Å². The van der Waals surface area contributed by atoms with Crippen LogP contribution in [0.2, 0.25) is 5.02 Å². The number of hydrogen-bond acceptors (Lipinski definition) is 4. The van der Waals surface area contributed by atoms with Crippen LogP contribution in [-0.2, 0) is 4.74 Å². The highest BCUT2D eigenvalue weighted by molar-refractivity contribution is 6.30. The molecule has 1 aliphatic rings. The lowest BCUT2D eigenvalue weighted by Crippen LogP contribution is -2.05. The zero-order chi connectivity index (χ0) is 15.0. The predicted molar refractivity (Wildman–Crippen MR) is 74.8 cm³/mol. The molecule has 21 heavy (non-hydrogen) atoms. The highest BCUT2D eigenvalue weighted by atomic mass is 35.5. The second kappa shape index (κ2) is 5.48. The van der Waals surface area contributed by atoms with Crippen molar-refractivity contribution in [1.82, 2.24) is 4.98 Å². The van der Waals surface area contributed by atoms with Gasteiger partial charge in [0, 0.05) is 10.9 Å². The van der Waals surface area contributed by atoms with Gasteiger partial charge in [-0.1, -0.05) is 11.6 Å². The van der Waals surface area contributed by atoms with Crippen LogP contribution in [0.15, 0.2) is 22.6 Å². The molecule has 0 saturated heterocycles. The van der Waals surface area contributed by atoms with E-state index >= 15 is 0 Å². The highest BCUT2D eigenvalue weighted by Crippen LogP contribution is 2.42. The van der Waals surface area contributed by atoms with Gasteiger partial charge in [-0.3, -0.25) is 0 Å². The summed E-state index contributed by atoms with van der Waals surface area (Å²) in [7, 11) is 0. The number of rotatable bonds is 4. The van der Waals surface area contributed by atoms with Crippen molar-refractivity contribution >= 4 is 17.6 Å². The summed E-state index contributed by atoms with van der Waals surface area (Å²) < 4.78 is 24.4. The summed E-state index contributed by atoms with van der Waals surface area (Å²) >= 11 is 5.73. The first kappa shape index (κ1) is 14.1. The minimum atomic E-state index is -0.562. The molecule has 2 aromatic rings. The third-order valence-corrected chi connectivity index (χ3v) is 3.47. The van der Waals surface area contributed by atoms with E-state index in [-0.39, 0.29) is 34.8 Å². The molecule has 1 aromatic heterocycles. The Balaban J connectivity index is 2.03. The molecule has 0 unspecified atom stereocenters. The van der Waals surface area contributed by atoms with Gasteiger partial charge in [0.15, 0.2) is 0 Å². The van der Waals surface area contributed by atoms with Crippen LogP contribution in [-0.4, -0.2) is 17.6 Å². The Morgan fingerprint density at radius 2 is 2.29 bits per heavy atom. The maximum absolute atomic E-state index is 13.9. The summed E-state index contributed by atoms with van der Waals surface area (Å²) in [5.74, 6) is -0.760. The van der Waals surface area contributed by atoms with E-state index in [1.165, 1.54) is 12.1 Å². The maximum atomic E-state index is 13.9. The number of benzene rings is 1. The largest absolute Gasteiger partial charge is 0.460 e. The lowest BCUT2D eigenvalue weighted by Gasteiger charge is -1.99. The molecule has 1 fully saturated rings. The van der Waals surface area contributed by atoms with Crippen molar-refractivity contribution < 1.29 is 18.3 Å². The van der Waals surface area contributed by atoms with Crippen LogP contribution in [0.25, 0.3) is 11.5 Å². The molecule has 1 aliphatic carbocycles. The lowest BCUT2D eigenvalue weighted by atomic mass is 10.2.